The number of amides is 1. The maximum absolute atomic E-state index is 13.1. The van der Waals surface area contributed by atoms with Crippen LogP contribution in [0.25, 0.3) is 10.2 Å². The third kappa shape index (κ3) is 3.11. The molecule has 1 atom stereocenters. The predicted molar refractivity (Wildman–Crippen MR) is 119 cm³/mol. The molecule has 0 unspecified atom stereocenters. The van der Waals surface area contributed by atoms with Crippen molar-refractivity contribution in [1.29, 1.82) is 0 Å². The van der Waals surface area contributed by atoms with Gasteiger partial charge in [-0.25, -0.2) is 4.98 Å². The quantitative estimate of drug-likeness (QED) is 0.613. The van der Waals surface area contributed by atoms with Gasteiger partial charge in [0.1, 0.15) is 24.2 Å². The largest absolute Gasteiger partial charge is 0.486 e. The summed E-state index contributed by atoms with van der Waals surface area (Å²) >= 11 is 1.36. The predicted octanol–water partition coefficient (Wildman–Crippen LogP) is 2.62. The van der Waals surface area contributed by atoms with Crippen LogP contribution < -0.4 is 14.8 Å². The molecule has 0 aliphatic carbocycles. The minimum absolute atomic E-state index is 0.181. The number of anilines is 1. The molecule has 0 spiro atoms. The van der Waals surface area contributed by atoms with Crippen LogP contribution in [0.3, 0.4) is 0 Å². The minimum atomic E-state index is -3.75. The van der Waals surface area contributed by atoms with Gasteiger partial charge in [-0.2, -0.15) is 8.42 Å². The van der Waals surface area contributed by atoms with Crippen molar-refractivity contribution < 1.29 is 22.7 Å². The molecular formula is C21H18N4O5S2. The second-order valence-electron chi connectivity index (χ2n) is 7.71. The lowest BCUT2D eigenvalue weighted by atomic mass is 10.1. The number of thiazole rings is 1. The van der Waals surface area contributed by atoms with Gasteiger partial charge in [-0.05, 0) is 25.0 Å². The number of hydrogen-bond donors (Lipinski definition) is 1. The van der Waals surface area contributed by atoms with Gasteiger partial charge in [0.05, 0.1) is 10.2 Å². The van der Waals surface area contributed by atoms with Crippen molar-refractivity contribution in [3.05, 3.63) is 42.0 Å². The van der Waals surface area contributed by atoms with E-state index in [1.54, 1.807) is 29.2 Å². The maximum atomic E-state index is 13.1. The first-order valence-electron chi connectivity index (χ1n) is 10.2. The summed E-state index contributed by atoms with van der Waals surface area (Å²) in [6, 6.07) is 9.87. The zero-order valence-electron chi connectivity index (χ0n) is 16.8. The zero-order valence-corrected chi connectivity index (χ0v) is 18.4. The number of nitrogens with zero attached hydrogens (tertiary/aromatic N) is 3. The van der Waals surface area contributed by atoms with Crippen molar-refractivity contribution in [2.75, 3.05) is 25.1 Å². The van der Waals surface area contributed by atoms with Gasteiger partial charge in [-0.1, -0.05) is 23.5 Å². The number of amidine groups is 1. The number of aromatic nitrogens is 1. The van der Waals surface area contributed by atoms with Crippen LogP contribution in [0.2, 0.25) is 0 Å². The molecule has 11 heteroatoms. The van der Waals surface area contributed by atoms with E-state index in [-0.39, 0.29) is 10.8 Å². The van der Waals surface area contributed by atoms with E-state index in [9.17, 15) is 13.2 Å². The summed E-state index contributed by atoms with van der Waals surface area (Å²) in [6.07, 6.45) is 1.37. The van der Waals surface area contributed by atoms with Crippen molar-refractivity contribution in [1.82, 2.24) is 9.88 Å². The first kappa shape index (κ1) is 19.5. The lowest BCUT2D eigenvalue weighted by Gasteiger charge is -2.25. The van der Waals surface area contributed by atoms with Crippen molar-refractivity contribution in [3.63, 3.8) is 0 Å². The van der Waals surface area contributed by atoms with Crippen molar-refractivity contribution >= 4 is 48.5 Å². The standard InChI is InChI=1S/C21H18N4O5S2/c26-20(23-21-22-13-10-15-16(11-17(13)31-21)30-9-8-29-15)14-5-3-7-25(14)19-12-4-1-2-6-18(12)32(27,28)24-19/h1-2,4,6,10-11,14H,3,5,7-9H2,(H,22,23,26)/t14-/m0/s1. The van der Waals surface area contributed by atoms with Crippen LogP contribution in [0.1, 0.15) is 18.4 Å². The smallest absolute Gasteiger partial charge is 0.285 e. The fraction of sp³-hybridized carbons (Fsp3) is 0.286. The number of carbonyl (C=O) groups excluding carboxylic acids is 1. The van der Waals surface area contributed by atoms with Crippen LogP contribution in [-0.4, -0.2) is 55.8 Å². The van der Waals surface area contributed by atoms with E-state index >= 15 is 0 Å². The molecule has 3 aliphatic rings. The Hall–Kier alpha value is -3.18. The Morgan fingerprint density at radius 3 is 2.78 bits per heavy atom. The Morgan fingerprint density at radius 2 is 1.94 bits per heavy atom. The molecule has 4 heterocycles. The number of ether oxygens (including phenoxy) is 2. The third-order valence-corrected chi connectivity index (χ3v) is 7.98. The van der Waals surface area contributed by atoms with E-state index in [0.29, 0.717) is 54.2 Å². The van der Waals surface area contributed by atoms with Gasteiger partial charge in [-0.15, -0.1) is 4.40 Å². The molecule has 1 amide bonds. The van der Waals surface area contributed by atoms with Crippen LogP contribution in [0.5, 0.6) is 11.5 Å². The first-order valence-corrected chi connectivity index (χ1v) is 12.5. The summed E-state index contributed by atoms with van der Waals surface area (Å²) in [5, 5.41) is 3.38. The highest BCUT2D eigenvalue weighted by Crippen LogP contribution is 2.38. The van der Waals surface area contributed by atoms with E-state index in [1.165, 1.54) is 11.3 Å². The summed E-state index contributed by atoms with van der Waals surface area (Å²) in [5.74, 6) is 1.42. The molecule has 164 valence electrons. The Kier molecular flexibility index (Phi) is 4.37. The molecule has 0 bridgehead atoms. The van der Waals surface area contributed by atoms with E-state index < -0.39 is 16.1 Å². The van der Waals surface area contributed by atoms with Gasteiger partial charge in [-0.3, -0.25) is 4.79 Å². The maximum Gasteiger partial charge on any atom is 0.285 e. The van der Waals surface area contributed by atoms with Gasteiger partial charge in [0.25, 0.3) is 10.0 Å². The fourth-order valence-corrected chi connectivity index (χ4v) is 6.39. The van der Waals surface area contributed by atoms with Crippen LogP contribution in [0.15, 0.2) is 45.7 Å². The summed E-state index contributed by atoms with van der Waals surface area (Å²) in [4.78, 5) is 19.6. The Labute approximate surface area is 187 Å². The molecule has 1 N–H and O–H groups in total. The molecule has 6 rings (SSSR count). The number of benzene rings is 2. The van der Waals surface area contributed by atoms with Gasteiger partial charge < -0.3 is 19.7 Å². The zero-order chi connectivity index (χ0) is 21.9. The number of sulfonamides is 1. The lowest BCUT2D eigenvalue weighted by molar-refractivity contribution is -0.119. The second-order valence-corrected chi connectivity index (χ2v) is 10.3. The van der Waals surface area contributed by atoms with Crippen LogP contribution >= 0.6 is 11.3 Å². The number of hydrogen-bond acceptors (Lipinski definition) is 8. The molecule has 0 radical (unpaired) electrons. The highest BCUT2D eigenvalue weighted by atomic mass is 32.2. The number of fused-ring (bicyclic) bond motifs is 3. The topological polar surface area (TPSA) is 110 Å². The summed E-state index contributed by atoms with van der Waals surface area (Å²) < 4.78 is 41.0. The lowest BCUT2D eigenvalue weighted by Crippen LogP contribution is -2.43. The average Bonchev–Trinajstić information content (AvgIpc) is 3.48. The monoisotopic (exact) mass is 470 g/mol. The fourth-order valence-electron chi connectivity index (χ4n) is 4.30. The van der Waals surface area contributed by atoms with Crippen molar-refractivity contribution in [2.24, 2.45) is 4.40 Å². The molecule has 1 saturated heterocycles. The number of likely N-dealkylation sites (tertiary alicyclic amines) is 1. The van der Waals surface area contributed by atoms with E-state index in [2.05, 4.69) is 14.7 Å². The Bertz CT molecular complexity index is 1360. The SMILES string of the molecule is O=C(Nc1nc2cc3c(cc2s1)OCCO3)[C@@H]1CCCN1C1=NS(=O)(=O)c2ccccc21. The van der Waals surface area contributed by atoms with Crippen LogP contribution in [0.4, 0.5) is 5.13 Å². The van der Waals surface area contributed by atoms with Crippen LogP contribution in [0, 0.1) is 0 Å². The summed E-state index contributed by atoms with van der Waals surface area (Å²) in [6.45, 7) is 1.55. The Balaban J connectivity index is 1.27. The molecule has 0 saturated carbocycles. The molecule has 3 aromatic rings. The van der Waals surface area contributed by atoms with Gasteiger partial charge in [0, 0.05) is 24.2 Å². The normalized spacial score (nSPS) is 20.8. The van der Waals surface area contributed by atoms with Crippen LogP contribution in [-0.2, 0) is 14.8 Å². The van der Waals surface area contributed by atoms with Crippen molar-refractivity contribution in [3.8, 4) is 11.5 Å². The first-order chi connectivity index (χ1) is 15.5. The molecule has 9 nitrogen and oxygen atoms in total. The summed E-state index contributed by atoms with van der Waals surface area (Å²) in [7, 11) is -3.75. The molecule has 3 aliphatic heterocycles. The molecular weight excluding hydrogens is 452 g/mol. The molecule has 32 heavy (non-hydrogen) atoms. The number of carbonyl (C=O) groups is 1. The summed E-state index contributed by atoms with van der Waals surface area (Å²) in [5.41, 5.74) is 1.26. The van der Waals surface area contributed by atoms with Gasteiger partial charge in [0.15, 0.2) is 22.5 Å². The van der Waals surface area contributed by atoms with E-state index in [1.807, 2.05) is 12.1 Å². The van der Waals surface area contributed by atoms with E-state index in [0.717, 1.165) is 16.6 Å². The van der Waals surface area contributed by atoms with Gasteiger partial charge in [0.2, 0.25) is 5.91 Å². The molecule has 2 aromatic carbocycles. The average molecular weight is 471 g/mol. The molecule has 1 fully saturated rings. The van der Waals surface area contributed by atoms with Crippen molar-refractivity contribution in [2.45, 2.75) is 23.8 Å². The highest BCUT2D eigenvalue weighted by molar-refractivity contribution is 7.90. The highest BCUT2D eigenvalue weighted by Gasteiger charge is 2.39. The third-order valence-electron chi connectivity index (χ3n) is 5.72. The Morgan fingerprint density at radius 1 is 1.16 bits per heavy atom. The number of nitrogens with one attached hydrogen (secondary N) is 1. The second kappa shape index (κ2) is 7.17. The molecule has 1 aromatic heterocycles. The van der Waals surface area contributed by atoms with Gasteiger partial charge >= 0.3 is 0 Å². The van der Waals surface area contributed by atoms with E-state index in [4.69, 9.17) is 9.47 Å². The minimum Gasteiger partial charge on any atom is -0.486 e. The number of rotatable bonds is 2.